The van der Waals surface area contributed by atoms with Crippen LogP contribution in [0.25, 0.3) is 0 Å². The van der Waals surface area contributed by atoms with Crippen LogP contribution in [0.4, 0.5) is 0 Å². The van der Waals surface area contributed by atoms with Crippen molar-refractivity contribution in [3.8, 4) is 0 Å². The lowest BCUT2D eigenvalue weighted by Crippen LogP contribution is -2.09. The van der Waals surface area contributed by atoms with Gasteiger partial charge in [-0.1, -0.05) is 0 Å². The van der Waals surface area contributed by atoms with Gasteiger partial charge in [0.15, 0.2) is 0 Å². The molecule has 0 saturated carbocycles. The highest BCUT2D eigenvalue weighted by atomic mass is 16.5. The van der Waals surface area contributed by atoms with Gasteiger partial charge in [-0.3, -0.25) is 5.41 Å². The summed E-state index contributed by atoms with van der Waals surface area (Å²) < 4.78 is 4.47. The van der Waals surface area contributed by atoms with Crippen LogP contribution in [0.5, 0.6) is 0 Å². The molecule has 4 heteroatoms. The van der Waals surface area contributed by atoms with Crippen molar-refractivity contribution in [1.29, 1.82) is 5.41 Å². The number of ether oxygens (including phenoxy) is 1. The van der Waals surface area contributed by atoms with Gasteiger partial charge in [-0.25, -0.2) is 0 Å². The predicted octanol–water partition coefficient (Wildman–Crippen LogP) is -0.555. The summed E-state index contributed by atoms with van der Waals surface area (Å²) in [6, 6.07) is 0. The number of rotatable bonds is 2. The minimum absolute atomic E-state index is 0.0972. The quantitative estimate of drug-likeness (QED) is 0.346. The molecule has 4 N–H and O–H groups in total. The number of aliphatic hydroxyl groups is 1. The van der Waals surface area contributed by atoms with Crippen LogP contribution in [0.2, 0.25) is 0 Å². The molecule has 0 aromatic heterocycles. The lowest BCUT2D eigenvalue weighted by atomic mass is 10.3. The number of hydrogen-bond donors (Lipinski definition) is 3. The van der Waals surface area contributed by atoms with E-state index in [-0.39, 0.29) is 18.1 Å². The summed E-state index contributed by atoms with van der Waals surface area (Å²) in [5.74, 6) is -0.0972. The number of hydrogen-bond acceptors (Lipinski definition) is 4. The highest BCUT2D eigenvalue weighted by Crippen LogP contribution is 1.91. The molecule has 0 fully saturated rings. The van der Waals surface area contributed by atoms with E-state index in [4.69, 9.17) is 16.2 Å². The minimum Gasteiger partial charge on any atom is -0.481 e. The second-order valence-electron chi connectivity index (χ2n) is 1.38. The molecule has 9 heavy (non-hydrogen) atoms. The van der Waals surface area contributed by atoms with Gasteiger partial charge in [0, 0.05) is 6.20 Å². The summed E-state index contributed by atoms with van der Waals surface area (Å²) in [6.07, 6.45) is 1.14. The Balaban J connectivity index is 3.97. The second kappa shape index (κ2) is 3.91. The average Bonchev–Trinajstić information content (AvgIpc) is 1.90. The van der Waals surface area contributed by atoms with Gasteiger partial charge in [0.2, 0.25) is 5.90 Å². The SMILES string of the molecule is COC(=N)/C(=C\N)CO. The van der Waals surface area contributed by atoms with E-state index in [1.807, 2.05) is 0 Å². The van der Waals surface area contributed by atoms with Gasteiger partial charge in [-0.05, 0) is 0 Å². The minimum atomic E-state index is -0.261. The molecule has 0 aliphatic heterocycles. The molecule has 0 spiro atoms. The molecule has 0 amide bonds. The Hall–Kier alpha value is -1.03. The first-order chi connectivity index (χ1) is 4.26. The Kier molecular flexibility index (Phi) is 3.46. The van der Waals surface area contributed by atoms with Crippen molar-refractivity contribution in [1.82, 2.24) is 0 Å². The summed E-state index contributed by atoms with van der Waals surface area (Å²) in [5.41, 5.74) is 5.31. The third kappa shape index (κ3) is 2.14. The molecule has 0 aromatic rings. The van der Waals surface area contributed by atoms with E-state index < -0.39 is 0 Å². The van der Waals surface area contributed by atoms with Crippen molar-refractivity contribution in [2.24, 2.45) is 5.73 Å². The van der Waals surface area contributed by atoms with Crippen molar-refractivity contribution in [2.75, 3.05) is 13.7 Å². The maximum absolute atomic E-state index is 8.46. The molecule has 52 valence electrons. The number of methoxy groups -OCH3 is 1. The smallest absolute Gasteiger partial charge is 0.212 e. The average molecular weight is 130 g/mol. The van der Waals surface area contributed by atoms with Crippen molar-refractivity contribution >= 4 is 5.90 Å². The fraction of sp³-hybridized carbons (Fsp3) is 0.400. The fourth-order valence-corrected chi connectivity index (χ4v) is 0.331. The summed E-state index contributed by atoms with van der Waals surface area (Å²) in [6.45, 7) is -0.261. The molecule has 0 radical (unpaired) electrons. The lowest BCUT2D eigenvalue weighted by Gasteiger charge is -2.01. The number of nitrogens with one attached hydrogen (secondary N) is 1. The van der Waals surface area contributed by atoms with E-state index in [0.29, 0.717) is 0 Å². The summed E-state index contributed by atoms with van der Waals surface area (Å²) in [5, 5.41) is 15.4. The lowest BCUT2D eigenvalue weighted by molar-refractivity contribution is 0.324. The molecule has 0 heterocycles. The highest BCUT2D eigenvalue weighted by Gasteiger charge is 2.00. The van der Waals surface area contributed by atoms with Gasteiger partial charge in [0.1, 0.15) is 0 Å². The number of aliphatic hydroxyl groups excluding tert-OH is 1. The zero-order valence-corrected chi connectivity index (χ0v) is 5.22. The summed E-state index contributed by atoms with van der Waals surface area (Å²) in [4.78, 5) is 0. The molecule has 0 saturated heterocycles. The van der Waals surface area contributed by atoms with Gasteiger partial charge in [-0.15, -0.1) is 0 Å². The van der Waals surface area contributed by atoms with E-state index in [0.717, 1.165) is 6.20 Å². The van der Waals surface area contributed by atoms with Crippen molar-refractivity contribution in [3.05, 3.63) is 11.8 Å². The molecule has 0 aliphatic carbocycles. The predicted molar refractivity (Wildman–Crippen MR) is 34.1 cm³/mol. The van der Waals surface area contributed by atoms with Gasteiger partial charge in [0.25, 0.3) is 0 Å². The third-order valence-electron chi connectivity index (χ3n) is 0.867. The Labute approximate surface area is 53.4 Å². The van der Waals surface area contributed by atoms with Gasteiger partial charge < -0.3 is 15.6 Å². The van der Waals surface area contributed by atoms with E-state index in [1.54, 1.807) is 0 Å². The molecule has 4 nitrogen and oxygen atoms in total. The Morgan fingerprint density at radius 3 is 2.56 bits per heavy atom. The first kappa shape index (κ1) is 7.97. The second-order valence-corrected chi connectivity index (χ2v) is 1.38. The van der Waals surface area contributed by atoms with Crippen LogP contribution in [-0.4, -0.2) is 24.7 Å². The van der Waals surface area contributed by atoms with Gasteiger partial charge in [-0.2, -0.15) is 0 Å². The summed E-state index contributed by atoms with van der Waals surface area (Å²) >= 11 is 0. The maximum atomic E-state index is 8.46. The molecule has 0 unspecified atom stereocenters. The largest absolute Gasteiger partial charge is 0.481 e. The molecule has 0 atom stereocenters. The molecular weight excluding hydrogens is 120 g/mol. The maximum Gasteiger partial charge on any atom is 0.212 e. The Morgan fingerprint density at radius 1 is 1.89 bits per heavy atom. The number of nitrogens with two attached hydrogens (primary N) is 1. The van der Waals surface area contributed by atoms with E-state index in [9.17, 15) is 0 Å². The molecule has 0 rings (SSSR count). The summed E-state index contributed by atoms with van der Waals surface area (Å²) in [7, 11) is 1.35. The van der Waals surface area contributed by atoms with Crippen LogP contribution in [0.1, 0.15) is 0 Å². The van der Waals surface area contributed by atoms with Crippen LogP contribution in [-0.2, 0) is 4.74 Å². The van der Waals surface area contributed by atoms with Crippen molar-refractivity contribution < 1.29 is 9.84 Å². The zero-order chi connectivity index (χ0) is 7.28. The van der Waals surface area contributed by atoms with Crippen LogP contribution < -0.4 is 5.73 Å². The Morgan fingerprint density at radius 2 is 2.44 bits per heavy atom. The molecule has 0 bridgehead atoms. The first-order valence-electron chi connectivity index (χ1n) is 2.40. The van der Waals surface area contributed by atoms with Crippen LogP contribution in [0.3, 0.4) is 0 Å². The van der Waals surface area contributed by atoms with E-state index >= 15 is 0 Å². The van der Waals surface area contributed by atoms with Crippen LogP contribution in [0, 0.1) is 5.41 Å². The third-order valence-corrected chi connectivity index (χ3v) is 0.867. The standard InChI is InChI=1S/C5H10N2O2/c1-9-5(7)4(2-6)3-8/h2,7-8H,3,6H2,1H3/b4-2-,7-5?. The van der Waals surface area contributed by atoms with Crippen molar-refractivity contribution in [2.45, 2.75) is 0 Å². The monoisotopic (exact) mass is 130 g/mol. The normalized spacial score (nSPS) is 11.1. The van der Waals surface area contributed by atoms with E-state index in [2.05, 4.69) is 4.74 Å². The van der Waals surface area contributed by atoms with Crippen LogP contribution >= 0.6 is 0 Å². The zero-order valence-electron chi connectivity index (χ0n) is 5.22. The first-order valence-corrected chi connectivity index (χ1v) is 2.40. The Bertz CT molecular complexity index is 131. The van der Waals surface area contributed by atoms with Crippen molar-refractivity contribution in [3.63, 3.8) is 0 Å². The molecular formula is C5H10N2O2. The van der Waals surface area contributed by atoms with Crippen LogP contribution in [0.15, 0.2) is 11.8 Å². The van der Waals surface area contributed by atoms with Gasteiger partial charge in [0.05, 0.1) is 19.3 Å². The van der Waals surface area contributed by atoms with E-state index in [1.165, 1.54) is 7.11 Å². The molecule has 0 aliphatic rings. The highest BCUT2D eigenvalue weighted by molar-refractivity contribution is 5.90. The fourth-order valence-electron chi connectivity index (χ4n) is 0.331. The topological polar surface area (TPSA) is 79.3 Å². The van der Waals surface area contributed by atoms with Gasteiger partial charge >= 0.3 is 0 Å². The molecule has 0 aromatic carbocycles.